The van der Waals surface area contributed by atoms with Gasteiger partial charge in [0.2, 0.25) is 0 Å². The van der Waals surface area contributed by atoms with E-state index in [0.717, 1.165) is 12.0 Å². The summed E-state index contributed by atoms with van der Waals surface area (Å²) in [4.78, 5) is 0. The van der Waals surface area contributed by atoms with Crippen LogP contribution in [0.2, 0.25) is 0 Å². The van der Waals surface area contributed by atoms with E-state index in [2.05, 4.69) is 0 Å². The third-order valence-electron chi connectivity index (χ3n) is 2.38. The van der Waals surface area contributed by atoms with E-state index in [0.29, 0.717) is 5.75 Å². The average Bonchev–Trinajstić information content (AvgIpc) is 2.34. The molecule has 0 aliphatic rings. The quantitative estimate of drug-likeness (QED) is 0.863. The molecule has 0 saturated carbocycles. The van der Waals surface area contributed by atoms with Crippen molar-refractivity contribution in [2.45, 2.75) is 53.2 Å². The zero-order valence-corrected chi connectivity index (χ0v) is 11.5. The fraction of sp³-hybridized carbons (Fsp3) is 0.571. The van der Waals surface area contributed by atoms with Crippen molar-refractivity contribution >= 4 is 0 Å². The van der Waals surface area contributed by atoms with Crippen LogP contribution < -0.4 is 10.5 Å². The van der Waals surface area contributed by atoms with Gasteiger partial charge >= 0.3 is 0 Å². The molecule has 0 radical (unpaired) electrons. The zero-order valence-electron chi connectivity index (χ0n) is 11.5. The summed E-state index contributed by atoms with van der Waals surface area (Å²) in [7, 11) is 0. The summed E-state index contributed by atoms with van der Waals surface area (Å²) in [5, 5.41) is 0. The van der Waals surface area contributed by atoms with Gasteiger partial charge in [-0.05, 0) is 38.0 Å². The van der Waals surface area contributed by atoms with Crippen molar-refractivity contribution in [2.24, 2.45) is 5.73 Å². The van der Waals surface area contributed by atoms with Gasteiger partial charge in [-0.15, -0.1) is 0 Å². The molecule has 0 aromatic heterocycles. The molecule has 0 fully saturated rings. The maximum absolute atomic E-state index is 13.4. The van der Waals surface area contributed by atoms with Crippen LogP contribution in [0.15, 0.2) is 18.2 Å². The van der Waals surface area contributed by atoms with Crippen LogP contribution >= 0.6 is 0 Å². The zero-order chi connectivity index (χ0) is 13.4. The molecule has 0 aliphatic heterocycles. The van der Waals surface area contributed by atoms with E-state index in [1.165, 1.54) is 6.07 Å². The van der Waals surface area contributed by atoms with Gasteiger partial charge in [-0.1, -0.05) is 26.8 Å². The second kappa shape index (κ2) is 8.07. The SMILES string of the molecule is CC.CCC(C)Oc1cc(C(C)N)ccc1F. The molecule has 2 nitrogen and oxygen atoms in total. The van der Waals surface area contributed by atoms with Crippen molar-refractivity contribution in [1.82, 2.24) is 0 Å². The molecule has 0 heterocycles. The highest BCUT2D eigenvalue weighted by molar-refractivity contribution is 5.32. The first-order chi connectivity index (χ1) is 8.04. The number of hydrogen-bond donors (Lipinski definition) is 1. The molecule has 1 aromatic rings. The Morgan fingerprint density at radius 1 is 1.29 bits per heavy atom. The van der Waals surface area contributed by atoms with Crippen LogP contribution in [0.1, 0.15) is 52.6 Å². The summed E-state index contributed by atoms with van der Waals surface area (Å²) in [6.07, 6.45) is 0.866. The predicted octanol–water partition coefficient (Wildman–Crippen LogP) is 4.05. The van der Waals surface area contributed by atoms with Crippen LogP contribution in [0, 0.1) is 5.82 Å². The van der Waals surface area contributed by atoms with E-state index in [9.17, 15) is 4.39 Å². The number of rotatable bonds is 4. The minimum atomic E-state index is -0.334. The Morgan fingerprint density at radius 2 is 1.88 bits per heavy atom. The Balaban J connectivity index is 0.00000121. The molecule has 0 amide bonds. The van der Waals surface area contributed by atoms with E-state index < -0.39 is 0 Å². The number of halogens is 1. The van der Waals surface area contributed by atoms with E-state index in [4.69, 9.17) is 10.5 Å². The molecule has 0 saturated heterocycles. The maximum Gasteiger partial charge on any atom is 0.165 e. The molecule has 0 bridgehead atoms. The fourth-order valence-electron chi connectivity index (χ4n) is 1.19. The Labute approximate surface area is 104 Å². The Bertz CT molecular complexity index is 326. The van der Waals surface area contributed by atoms with Crippen molar-refractivity contribution in [3.63, 3.8) is 0 Å². The lowest BCUT2D eigenvalue weighted by molar-refractivity contribution is 0.207. The highest BCUT2D eigenvalue weighted by Gasteiger charge is 2.09. The van der Waals surface area contributed by atoms with Crippen LogP contribution in [0.5, 0.6) is 5.75 Å². The monoisotopic (exact) mass is 241 g/mol. The van der Waals surface area contributed by atoms with Crippen molar-refractivity contribution in [3.8, 4) is 5.75 Å². The number of nitrogens with two attached hydrogens (primary N) is 1. The van der Waals surface area contributed by atoms with Gasteiger partial charge in [-0.2, -0.15) is 0 Å². The first-order valence-corrected chi connectivity index (χ1v) is 6.26. The largest absolute Gasteiger partial charge is 0.488 e. The molecule has 0 aliphatic carbocycles. The average molecular weight is 241 g/mol. The highest BCUT2D eigenvalue weighted by atomic mass is 19.1. The molecule has 2 atom stereocenters. The van der Waals surface area contributed by atoms with Gasteiger partial charge in [0.15, 0.2) is 11.6 Å². The Morgan fingerprint density at radius 3 is 2.35 bits per heavy atom. The van der Waals surface area contributed by atoms with E-state index in [-0.39, 0.29) is 18.0 Å². The van der Waals surface area contributed by atoms with Crippen molar-refractivity contribution in [1.29, 1.82) is 0 Å². The van der Waals surface area contributed by atoms with Crippen LogP contribution in [0.25, 0.3) is 0 Å². The molecule has 1 rings (SSSR count). The molecule has 2 unspecified atom stereocenters. The second-order valence-electron chi connectivity index (χ2n) is 3.82. The molecule has 0 spiro atoms. The van der Waals surface area contributed by atoms with Crippen LogP contribution in [-0.2, 0) is 0 Å². The first-order valence-electron chi connectivity index (χ1n) is 6.26. The topological polar surface area (TPSA) is 35.2 Å². The van der Waals surface area contributed by atoms with Gasteiger partial charge in [-0.3, -0.25) is 0 Å². The molecule has 98 valence electrons. The minimum Gasteiger partial charge on any atom is -0.488 e. The van der Waals surface area contributed by atoms with E-state index in [1.54, 1.807) is 12.1 Å². The maximum atomic E-state index is 13.4. The molecule has 3 heteroatoms. The smallest absolute Gasteiger partial charge is 0.165 e. The fourth-order valence-corrected chi connectivity index (χ4v) is 1.19. The first kappa shape index (κ1) is 15.9. The van der Waals surface area contributed by atoms with Gasteiger partial charge in [0, 0.05) is 6.04 Å². The molecule has 1 aromatic carbocycles. The Kier molecular flexibility index (Phi) is 7.55. The van der Waals surface area contributed by atoms with Gasteiger partial charge in [-0.25, -0.2) is 4.39 Å². The summed E-state index contributed by atoms with van der Waals surface area (Å²) < 4.78 is 18.8. The van der Waals surface area contributed by atoms with E-state index >= 15 is 0 Å². The Hall–Kier alpha value is -1.09. The van der Waals surface area contributed by atoms with Crippen LogP contribution in [0.4, 0.5) is 4.39 Å². The second-order valence-corrected chi connectivity index (χ2v) is 3.82. The lowest BCUT2D eigenvalue weighted by Crippen LogP contribution is -2.12. The van der Waals surface area contributed by atoms with Crippen molar-refractivity contribution in [3.05, 3.63) is 29.6 Å². The summed E-state index contributed by atoms with van der Waals surface area (Å²) >= 11 is 0. The normalized spacial score (nSPS) is 13.4. The summed E-state index contributed by atoms with van der Waals surface area (Å²) in [5.41, 5.74) is 6.60. The van der Waals surface area contributed by atoms with Gasteiger partial charge < -0.3 is 10.5 Å². The van der Waals surface area contributed by atoms with Gasteiger partial charge in [0.05, 0.1) is 6.10 Å². The summed E-state index contributed by atoms with van der Waals surface area (Å²) in [6.45, 7) is 9.77. The number of benzene rings is 1. The number of ether oxygens (including phenoxy) is 1. The lowest BCUT2D eigenvalue weighted by Gasteiger charge is -2.15. The summed E-state index contributed by atoms with van der Waals surface area (Å²) in [6, 6.07) is 4.65. The lowest BCUT2D eigenvalue weighted by atomic mass is 10.1. The standard InChI is InChI=1S/C12H18FNO.C2H6/c1-4-8(2)15-12-7-10(9(3)14)5-6-11(12)13;1-2/h5-9H,4,14H2,1-3H3;1-2H3. The minimum absolute atomic E-state index is 0.0165. The highest BCUT2D eigenvalue weighted by Crippen LogP contribution is 2.23. The van der Waals surface area contributed by atoms with Crippen molar-refractivity contribution < 1.29 is 9.13 Å². The van der Waals surface area contributed by atoms with Gasteiger partial charge in [0.25, 0.3) is 0 Å². The molecular formula is C14H24FNO. The molecule has 17 heavy (non-hydrogen) atoms. The predicted molar refractivity (Wildman–Crippen MR) is 70.7 cm³/mol. The molecule has 2 N–H and O–H groups in total. The van der Waals surface area contributed by atoms with Crippen LogP contribution in [-0.4, -0.2) is 6.10 Å². The third kappa shape index (κ3) is 5.18. The third-order valence-corrected chi connectivity index (χ3v) is 2.38. The van der Waals surface area contributed by atoms with Crippen molar-refractivity contribution in [2.75, 3.05) is 0 Å². The summed E-state index contributed by atoms with van der Waals surface area (Å²) in [5.74, 6) is -0.0427. The number of hydrogen-bond acceptors (Lipinski definition) is 2. The van der Waals surface area contributed by atoms with Gasteiger partial charge in [0.1, 0.15) is 0 Å². The van der Waals surface area contributed by atoms with Crippen LogP contribution in [0.3, 0.4) is 0 Å². The molecular weight excluding hydrogens is 217 g/mol. The van der Waals surface area contributed by atoms with E-state index in [1.807, 2.05) is 34.6 Å².